The van der Waals surface area contributed by atoms with Crippen molar-refractivity contribution in [3.05, 3.63) is 70.2 Å². The molecule has 0 fully saturated rings. The number of para-hydroxylation sites is 1. The number of aromatic nitrogens is 2. The van der Waals surface area contributed by atoms with Crippen LogP contribution in [0.2, 0.25) is 0 Å². The van der Waals surface area contributed by atoms with Crippen LogP contribution in [0.3, 0.4) is 0 Å². The van der Waals surface area contributed by atoms with E-state index in [-0.39, 0.29) is 6.04 Å². The molecular weight excluding hydrogens is 266 g/mol. The molecule has 0 radical (unpaired) electrons. The predicted molar refractivity (Wildman–Crippen MR) is 83.5 cm³/mol. The molecule has 1 N–H and O–H groups in total. The molecule has 102 valence electrons. The zero-order valence-corrected chi connectivity index (χ0v) is 12.4. The highest BCUT2D eigenvalue weighted by Gasteiger charge is 2.20. The molecule has 0 aliphatic rings. The molecule has 4 heteroatoms. The molecule has 0 spiro atoms. The Balaban J connectivity index is 2.07. The summed E-state index contributed by atoms with van der Waals surface area (Å²) in [7, 11) is 1.99. The highest BCUT2D eigenvalue weighted by Crippen LogP contribution is 2.30. The molecule has 3 rings (SSSR count). The van der Waals surface area contributed by atoms with Crippen LogP contribution in [0.1, 0.15) is 22.2 Å². The Morgan fingerprint density at radius 1 is 1.15 bits per heavy atom. The summed E-state index contributed by atoms with van der Waals surface area (Å²) in [6.07, 6.45) is 1.86. The quantitative estimate of drug-likeness (QED) is 0.793. The van der Waals surface area contributed by atoms with Crippen LogP contribution < -0.4 is 5.32 Å². The largest absolute Gasteiger partial charge is 0.307 e. The van der Waals surface area contributed by atoms with E-state index in [2.05, 4.69) is 47.0 Å². The fourth-order valence-corrected chi connectivity index (χ4v) is 3.46. The molecule has 20 heavy (non-hydrogen) atoms. The molecule has 1 unspecified atom stereocenters. The van der Waals surface area contributed by atoms with Crippen LogP contribution >= 0.6 is 11.3 Å². The number of benzene rings is 1. The minimum atomic E-state index is 0.165. The van der Waals surface area contributed by atoms with E-state index < -0.39 is 0 Å². The average molecular weight is 283 g/mol. The number of hydrogen-bond donors (Lipinski definition) is 1. The van der Waals surface area contributed by atoms with Crippen molar-refractivity contribution < 1.29 is 0 Å². The first-order chi connectivity index (χ1) is 9.81. The molecule has 0 amide bonds. The van der Waals surface area contributed by atoms with Gasteiger partial charge in [0.1, 0.15) is 0 Å². The van der Waals surface area contributed by atoms with Crippen molar-refractivity contribution in [2.75, 3.05) is 7.05 Å². The molecule has 1 atom stereocenters. The van der Waals surface area contributed by atoms with Crippen LogP contribution in [0.15, 0.2) is 54.0 Å². The van der Waals surface area contributed by atoms with Crippen molar-refractivity contribution in [1.82, 2.24) is 15.1 Å². The van der Waals surface area contributed by atoms with Crippen molar-refractivity contribution in [2.24, 2.45) is 0 Å². The molecule has 0 saturated heterocycles. The molecule has 3 nitrogen and oxygen atoms in total. The van der Waals surface area contributed by atoms with Crippen molar-refractivity contribution in [3.8, 4) is 5.69 Å². The van der Waals surface area contributed by atoms with E-state index >= 15 is 0 Å². The molecular formula is C16H17N3S. The van der Waals surface area contributed by atoms with E-state index in [9.17, 15) is 0 Å². The normalized spacial score (nSPS) is 12.5. The number of thiophene rings is 1. The maximum absolute atomic E-state index is 4.48. The average Bonchev–Trinajstić information content (AvgIpc) is 3.11. The van der Waals surface area contributed by atoms with Gasteiger partial charge in [-0.2, -0.15) is 5.10 Å². The van der Waals surface area contributed by atoms with Gasteiger partial charge < -0.3 is 5.32 Å². The van der Waals surface area contributed by atoms with Crippen LogP contribution in [0.5, 0.6) is 0 Å². The van der Waals surface area contributed by atoms with Gasteiger partial charge in [0.15, 0.2) is 0 Å². The summed E-state index contributed by atoms with van der Waals surface area (Å²) in [4.78, 5) is 1.34. The van der Waals surface area contributed by atoms with Crippen LogP contribution in [0.25, 0.3) is 5.69 Å². The summed E-state index contributed by atoms with van der Waals surface area (Å²) in [5.41, 5.74) is 3.56. The standard InChI is InChI=1S/C16H17N3S/c1-12-9-11-20-16(12)15(17-2)14-8-10-18-19(14)13-6-4-3-5-7-13/h3-11,15,17H,1-2H3. The minimum Gasteiger partial charge on any atom is -0.307 e. The molecule has 0 bridgehead atoms. The van der Waals surface area contributed by atoms with Crippen LogP contribution in [0, 0.1) is 6.92 Å². The van der Waals surface area contributed by atoms with Crippen LogP contribution in [-0.2, 0) is 0 Å². The first kappa shape index (κ1) is 13.1. The van der Waals surface area contributed by atoms with E-state index in [1.54, 1.807) is 11.3 Å². The molecule has 2 aromatic heterocycles. The van der Waals surface area contributed by atoms with E-state index in [0.29, 0.717) is 0 Å². The lowest BCUT2D eigenvalue weighted by Crippen LogP contribution is -2.20. The van der Waals surface area contributed by atoms with Crippen molar-refractivity contribution in [3.63, 3.8) is 0 Å². The Morgan fingerprint density at radius 2 is 1.95 bits per heavy atom. The van der Waals surface area contributed by atoms with Crippen molar-refractivity contribution in [2.45, 2.75) is 13.0 Å². The lowest BCUT2D eigenvalue weighted by molar-refractivity contribution is 0.644. The lowest BCUT2D eigenvalue weighted by Gasteiger charge is -2.18. The maximum atomic E-state index is 4.48. The summed E-state index contributed by atoms with van der Waals surface area (Å²) in [5.74, 6) is 0. The van der Waals surface area contributed by atoms with Crippen molar-refractivity contribution >= 4 is 11.3 Å². The maximum Gasteiger partial charge on any atom is 0.0846 e. The number of rotatable bonds is 4. The SMILES string of the molecule is CNC(c1sccc1C)c1ccnn1-c1ccccc1. The van der Waals surface area contributed by atoms with Gasteiger partial charge in [0.05, 0.1) is 17.4 Å². The number of aryl methyl sites for hydroxylation is 1. The van der Waals surface area contributed by atoms with Gasteiger partial charge >= 0.3 is 0 Å². The van der Waals surface area contributed by atoms with Crippen molar-refractivity contribution in [1.29, 1.82) is 0 Å². The van der Waals surface area contributed by atoms with E-state index in [4.69, 9.17) is 0 Å². The van der Waals surface area contributed by atoms with E-state index in [0.717, 1.165) is 11.4 Å². The monoisotopic (exact) mass is 283 g/mol. The Labute approximate surface area is 122 Å². The Morgan fingerprint density at radius 3 is 2.60 bits per heavy atom. The molecule has 2 heterocycles. The fraction of sp³-hybridized carbons (Fsp3) is 0.188. The van der Waals surface area contributed by atoms with E-state index in [1.165, 1.54) is 10.4 Å². The van der Waals surface area contributed by atoms with Gasteiger partial charge in [-0.25, -0.2) is 4.68 Å². The molecule has 3 aromatic rings. The van der Waals surface area contributed by atoms with Gasteiger partial charge in [0.2, 0.25) is 0 Å². The third-order valence-electron chi connectivity index (χ3n) is 3.42. The third kappa shape index (κ3) is 2.28. The third-order valence-corrected chi connectivity index (χ3v) is 4.50. The zero-order chi connectivity index (χ0) is 13.9. The molecule has 0 aliphatic carbocycles. The fourth-order valence-electron chi connectivity index (χ4n) is 2.41. The van der Waals surface area contributed by atoms with Gasteiger partial charge in [-0.05, 0) is 49.2 Å². The smallest absolute Gasteiger partial charge is 0.0846 e. The summed E-state index contributed by atoms with van der Waals surface area (Å²) in [6, 6.07) is 14.6. The second kappa shape index (κ2) is 5.61. The zero-order valence-electron chi connectivity index (χ0n) is 11.6. The van der Waals surface area contributed by atoms with Crippen LogP contribution in [0.4, 0.5) is 0 Å². The van der Waals surface area contributed by atoms with E-state index in [1.807, 2.05) is 36.1 Å². The number of nitrogens with zero attached hydrogens (tertiary/aromatic N) is 2. The topological polar surface area (TPSA) is 29.9 Å². The Bertz CT molecular complexity index is 685. The summed E-state index contributed by atoms with van der Waals surface area (Å²) in [5, 5.41) is 10.0. The van der Waals surface area contributed by atoms with Gasteiger partial charge in [0.25, 0.3) is 0 Å². The van der Waals surface area contributed by atoms with Gasteiger partial charge in [-0.15, -0.1) is 11.3 Å². The molecule has 0 aliphatic heterocycles. The number of hydrogen-bond acceptors (Lipinski definition) is 3. The Kier molecular flexibility index (Phi) is 3.67. The minimum absolute atomic E-state index is 0.165. The second-order valence-electron chi connectivity index (χ2n) is 4.69. The summed E-state index contributed by atoms with van der Waals surface area (Å²) < 4.78 is 2.00. The highest BCUT2D eigenvalue weighted by atomic mass is 32.1. The first-order valence-electron chi connectivity index (χ1n) is 6.62. The van der Waals surface area contributed by atoms with Gasteiger partial charge in [-0.1, -0.05) is 18.2 Å². The predicted octanol–water partition coefficient (Wildman–Crippen LogP) is 3.55. The van der Waals surface area contributed by atoms with Gasteiger partial charge in [0, 0.05) is 11.1 Å². The van der Waals surface area contributed by atoms with Crippen LogP contribution in [-0.4, -0.2) is 16.8 Å². The molecule has 0 saturated carbocycles. The summed E-state index contributed by atoms with van der Waals surface area (Å²) in [6.45, 7) is 2.15. The lowest BCUT2D eigenvalue weighted by atomic mass is 10.1. The Hall–Kier alpha value is -1.91. The second-order valence-corrected chi connectivity index (χ2v) is 5.64. The number of nitrogens with one attached hydrogen (secondary N) is 1. The summed E-state index contributed by atoms with van der Waals surface area (Å²) >= 11 is 1.78. The highest BCUT2D eigenvalue weighted by molar-refractivity contribution is 7.10. The van der Waals surface area contributed by atoms with Gasteiger partial charge in [-0.3, -0.25) is 0 Å². The first-order valence-corrected chi connectivity index (χ1v) is 7.50. The molecule has 1 aromatic carbocycles.